The van der Waals surface area contributed by atoms with Gasteiger partial charge in [-0.2, -0.15) is 9.05 Å². The Balaban J connectivity index is 2.46. The maximum atomic E-state index is 5.30. The lowest BCUT2D eigenvalue weighted by atomic mass is 9.97. The van der Waals surface area contributed by atoms with Gasteiger partial charge in [0, 0.05) is 5.41 Å². The first-order valence-electron chi connectivity index (χ1n) is 3.05. The molecule has 0 unspecified atom stereocenters. The van der Waals surface area contributed by atoms with Crippen molar-refractivity contribution in [2.75, 3.05) is 13.2 Å². The van der Waals surface area contributed by atoms with E-state index in [1.165, 1.54) is 0 Å². The van der Waals surface area contributed by atoms with Gasteiger partial charge in [0.15, 0.2) is 0 Å². The molecule has 0 amide bonds. The quantitative estimate of drug-likeness (QED) is 0.461. The fourth-order valence-corrected chi connectivity index (χ4v) is 2.40. The minimum atomic E-state index is -2.03. The second kappa shape index (κ2) is 2.83. The van der Waals surface area contributed by atoms with Crippen LogP contribution >= 0.6 is 30.6 Å². The Labute approximate surface area is 72.5 Å². The van der Waals surface area contributed by atoms with Crippen LogP contribution in [-0.4, -0.2) is 13.2 Å². The van der Waals surface area contributed by atoms with Crippen LogP contribution in [0.2, 0.25) is 0 Å². The molecule has 0 atom stereocenters. The number of rotatable bonds is 0. The van der Waals surface area contributed by atoms with E-state index in [0.29, 0.717) is 13.2 Å². The Kier molecular flexibility index (Phi) is 2.59. The first kappa shape index (κ1) is 9.14. The van der Waals surface area contributed by atoms with Crippen molar-refractivity contribution in [1.29, 1.82) is 0 Å². The molecular weight excluding hydrogens is 187 g/mol. The molecule has 0 saturated carbocycles. The highest BCUT2D eigenvalue weighted by atomic mass is 33.1. The fourth-order valence-electron chi connectivity index (χ4n) is 0.597. The molecule has 0 spiro atoms. The van der Waals surface area contributed by atoms with Crippen molar-refractivity contribution < 1.29 is 9.05 Å². The molecule has 2 nitrogen and oxygen atoms in total. The highest BCUT2D eigenvalue weighted by molar-refractivity contribution is 8.82. The van der Waals surface area contributed by atoms with E-state index in [1.54, 1.807) is 0 Å². The van der Waals surface area contributed by atoms with Crippen molar-refractivity contribution in [2.45, 2.75) is 13.8 Å². The maximum Gasteiger partial charge on any atom is 0.389 e. The predicted octanol–water partition coefficient (Wildman–Crippen LogP) is 2.60. The second-order valence-electron chi connectivity index (χ2n) is 3.20. The third-order valence-corrected chi connectivity index (χ3v) is 3.56. The molecule has 1 fully saturated rings. The lowest BCUT2D eigenvalue weighted by molar-refractivity contribution is 0.0660. The average Bonchev–Trinajstić information content (AvgIpc) is 1.79. The molecular formula is C5H12O2PS2+. The van der Waals surface area contributed by atoms with E-state index in [2.05, 4.69) is 38.3 Å². The normalized spacial score (nSPS) is 30.0. The third kappa shape index (κ3) is 2.59. The van der Waals surface area contributed by atoms with Crippen LogP contribution in [0.1, 0.15) is 13.8 Å². The van der Waals surface area contributed by atoms with E-state index in [-0.39, 0.29) is 5.41 Å². The first-order chi connectivity index (χ1) is 4.41. The summed E-state index contributed by atoms with van der Waals surface area (Å²) in [5.74, 6) is 0. The lowest BCUT2D eigenvalue weighted by Gasteiger charge is -2.29. The van der Waals surface area contributed by atoms with Crippen LogP contribution in [0.15, 0.2) is 0 Å². The summed E-state index contributed by atoms with van der Waals surface area (Å²) in [6.45, 7) is 5.56. The number of thiol groups is 2. The largest absolute Gasteiger partial charge is 0.389 e. The van der Waals surface area contributed by atoms with Gasteiger partial charge in [0.25, 0.3) is 0 Å². The van der Waals surface area contributed by atoms with E-state index in [1.807, 2.05) is 0 Å². The van der Waals surface area contributed by atoms with Gasteiger partial charge in [-0.1, -0.05) is 13.8 Å². The Morgan fingerprint density at radius 1 is 1.20 bits per heavy atom. The second-order valence-corrected chi connectivity index (χ2v) is 8.81. The zero-order valence-corrected chi connectivity index (χ0v) is 8.76. The zero-order valence-electron chi connectivity index (χ0n) is 6.07. The summed E-state index contributed by atoms with van der Waals surface area (Å²) >= 11 is 8.25. The molecule has 0 N–H and O–H groups in total. The standard InChI is InChI=1S/C5H12O2PS2/c1-5(2)3-6-8(9,10)7-4-5/h9-10H,3-4H2,1-2H3/q+1. The Bertz CT molecular complexity index is 110. The van der Waals surface area contributed by atoms with E-state index in [9.17, 15) is 0 Å². The van der Waals surface area contributed by atoms with Gasteiger partial charge >= 0.3 is 6.12 Å². The van der Waals surface area contributed by atoms with Crippen molar-refractivity contribution in [2.24, 2.45) is 5.41 Å². The molecule has 0 aromatic carbocycles. The highest BCUT2D eigenvalue weighted by Crippen LogP contribution is 2.72. The summed E-state index contributed by atoms with van der Waals surface area (Å²) in [6, 6.07) is 0. The Morgan fingerprint density at radius 3 is 1.90 bits per heavy atom. The van der Waals surface area contributed by atoms with Gasteiger partial charge in [-0.3, -0.25) is 0 Å². The van der Waals surface area contributed by atoms with E-state index in [4.69, 9.17) is 9.05 Å². The third-order valence-electron chi connectivity index (χ3n) is 1.25. The molecule has 0 aromatic rings. The maximum absolute atomic E-state index is 5.30. The molecule has 0 bridgehead atoms. The van der Waals surface area contributed by atoms with Gasteiger partial charge in [-0.25, -0.2) is 0 Å². The van der Waals surface area contributed by atoms with Gasteiger partial charge in [0.05, 0.1) is 24.5 Å². The smallest absolute Gasteiger partial charge is 0.183 e. The minimum absolute atomic E-state index is 0.120. The van der Waals surface area contributed by atoms with Crippen LogP contribution in [0.5, 0.6) is 0 Å². The number of hydrogen-bond acceptors (Lipinski definition) is 4. The van der Waals surface area contributed by atoms with Crippen LogP contribution in [-0.2, 0) is 9.05 Å². The first-order valence-corrected chi connectivity index (χ1v) is 6.98. The molecule has 5 heteroatoms. The average molecular weight is 199 g/mol. The Morgan fingerprint density at radius 2 is 1.60 bits per heavy atom. The van der Waals surface area contributed by atoms with Gasteiger partial charge in [-0.05, 0) is 0 Å². The van der Waals surface area contributed by atoms with Crippen molar-refractivity contribution in [3.63, 3.8) is 0 Å². The van der Waals surface area contributed by atoms with Gasteiger partial charge in [-0.15, -0.1) is 0 Å². The lowest BCUT2D eigenvalue weighted by Crippen LogP contribution is -2.28. The van der Waals surface area contributed by atoms with Crippen molar-refractivity contribution in [1.82, 2.24) is 0 Å². The molecule has 1 aliphatic rings. The van der Waals surface area contributed by atoms with Crippen molar-refractivity contribution in [3.8, 4) is 0 Å². The van der Waals surface area contributed by atoms with Gasteiger partial charge in [0.1, 0.15) is 13.2 Å². The molecule has 60 valence electrons. The molecule has 0 aliphatic carbocycles. The summed E-state index contributed by atoms with van der Waals surface area (Å²) in [6.07, 6.45) is -2.03. The molecule has 1 rings (SSSR count). The monoisotopic (exact) mass is 199 g/mol. The topological polar surface area (TPSA) is 18.5 Å². The molecule has 1 heterocycles. The van der Waals surface area contributed by atoms with Crippen LogP contribution in [0.3, 0.4) is 0 Å². The summed E-state index contributed by atoms with van der Waals surface area (Å²) in [4.78, 5) is 0. The van der Waals surface area contributed by atoms with Crippen LogP contribution < -0.4 is 0 Å². The molecule has 10 heavy (non-hydrogen) atoms. The minimum Gasteiger partial charge on any atom is -0.183 e. The van der Waals surface area contributed by atoms with Gasteiger partial charge in [0.2, 0.25) is 0 Å². The molecule has 0 aromatic heterocycles. The fraction of sp³-hybridized carbons (Fsp3) is 1.00. The summed E-state index contributed by atoms with van der Waals surface area (Å²) in [5.41, 5.74) is 0.120. The van der Waals surface area contributed by atoms with E-state index in [0.717, 1.165) is 0 Å². The SMILES string of the molecule is CC1(C)CO[P+](S)(S)OC1. The number of hydrogen-bond donors (Lipinski definition) is 2. The van der Waals surface area contributed by atoms with Crippen LogP contribution in [0.4, 0.5) is 0 Å². The predicted molar refractivity (Wildman–Crippen MR) is 50.6 cm³/mol. The van der Waals surface area contributed by atoms with Crippen LogP contribution in [0, 0.1) is 5.41 Å². The van der Waals surface area contributed by atoms with Crippen molar-refractivity contribution in [3.05, 3.63) is 0 Å². The molecule has 1 aliphatic heterocycles. The van der Waals surface area contributed by atoms with Gasteiger partial charge < -0.3 is 0 Å². The highest BCUT2D eigenvalue weighted by Gasteiger charge is 2.43. The van der Waals surface area contributed by atoms with Crippen molar-refractivity contribution >= 4 is 30.6 Å². The summed E-state index contributed by atoms with van der Waals surface area (Å²) < 4.78 is 10.6. The van der Waals surface area contributed by atoms with E-state index >= 15 is 0 Å². The summed E-state index contributed by atoms with van der Waals surface area (Å²) in [7, 11) is 0. The Hall–Kier alpha value is 1.05. The molecule has 0 radical (unpaired) electrons. The van der Waals surface area contributed by atoms with E-state index < -0.39 is 6.12 Å². The summed E-state index contributed by atoms with van der Waals surface area (Å²) in [5, 5.41) is 0. The zero-order chi connectivity index (χ0) is 7.83. The van der Waals surface area contributed by atoms with Crippen LogP contribution in [0.25, 0.3) is 0 Å². The molecule has 1 saturated heterocycles.